The average Bonchev–Trinajstić information content (AvgIpc) is 2.48. The van der Waals surface area contributed by atoms with Gasteiger partial charge >= 0.3 is 0 Å². The molecule has 2 unspecified atom stereocenters. The minimum absolute atomic E-state index is 0.161. The van der Waals surface area contributed by atoms with E-state index in [-0.39, 0.29) is 5.38 Å². The van der Waals surface area contributed by atoms with E-state index in [0.29, 0.717) is 5.92 Å². The van der Waals surface area contributed by atoms with E-state index in [1.807, 2.05) is 18.2 Å². The van der Waals surface area contributed by atoms with Crippen molar-refractivity contribution >= 4 is 45.8 Å². The first kappa shape index (κ1) is 16.1. The summed E-state index contributed by atoms with van der Waals surface area (Å²) in [5.41, 5.74) is 3.54. The zero-order chi connectivity index (χ0) is 14.7. The highest BCUT2D eigenvalue weighted by molar-refractivity contribution is 14.1. The smallest absolute Gasteiger partial charge is 0.0846 e. The van der Waals surface area contributed by atoms with Crippen LogP contribution in [-0.4, -0.2) is 0 Å². The van der Waals surface area contributed by atoms with E-state index < -0.39 is 0 Å². The monoisotopic (exact) mass is 418 g/mol. The van der Waals surface area contributed by atoms with Crippen LogP contribution in [0.15, 0.2) is 42.5 Å². The van der Waals surface area contributed by atoms with Crippen molar-refractivity contribution in [2.45, 2.75) is 31.6 Å². The molecule has 0 aliphatic heterocycles. The molecule has 0 aliphatic rings. The number of benzene rings is 2. The Balaban J connectivity index is 2.29. The van der Waals surface area contributed by atoms with Crippen LogP contribution in [0.2, 0.25) is 5.02 Å². The molecule has 0 fully saturated rings. The fraction of sp³-hybridized carbons (Fsp3) is 0.294. The first-order valence-electron chi connectivity index (χ1n) is 6.71. The number of hydrogen-bond donors (Lipinski definition) is 0. The van der Waals surface area contributed by atoms with Crippen LogP contribution in [0.3, 0.4) is 0 Å². The summed E-state index contributed by atoms with van der Waals surface area (Å²) < 4.78 is 1.14. The maximum Gasteiger partial charge on any atom is 0.0846 e. The van der Waals surface area contributed by atoms with Crippen LogP contribution < -0.4 is 0 Å². The van der Waals surface area contributed by atoms with Crippen molar-refractivity contribution in [2.24, 2.45) is 0 Å². The molecule has 2 aromatic carbocycles. The summed E-state index contributed by atoms with van der Waals surface area (Å²) >= 11 is 15.0. The van der Waals surface area contributed by atoms with Crippen molar-refractivity contribution < 1.29 is 0 Å². The third-order valence-corrected chi connectivity index (χ3v) is 5.35. The maximum atomic E-state index is 6.61. The minimum Gasteiger partial charge on any atom is -0.113 e. The van der Waals surface area contributed by atoms with Crippen molar-refractivity contribution in [3.05, 3.63) is 67.7 Å². The molecule has 2 rings (SSSR count). The Kier molecular flexibility index (Phi) is 5.76. The quantitative estimate of drug-likeness (QED) is 0.378. The first-order valence-corrected chi connectivity index (χ1v) is 8.61. The van der Waals surface area contributed by atoms with Gasteiger partial charge in [-0.2, -0.15) is 0 Å². The van der Waals surface area contributed by atoms with Crippen LogP contribution in [-0.2, 0) is 0 Å². The lowest BCUT2D eigenvalue weighted by Crippen LogP contribution is -1.98. The molecule has 3 heteroatoms. The van der Waals surface area contributed by atoms with Crippen molar-refractivity contribution in [3.63, 3.8) is 0 Å². The highest BCUT2D eigenvalue weighted by atomic mass is 127. The molecule has 20 heavy (non-hydrogen) atoms. The molecular formula is C17H17Cl2I. The fourth-order valence-corrected chi connectivity index (χ4v) is 3.46. The third kappa shape index (κ3) is 3.69. The normalized spacial score (nSPS) is 14.1. The summed E-state index contributed by atoms with van der Waals surface area (Å²) in [6, 6.07) is 14.4. The second-order valence-corrected chi connectivity index (χ2v) is 7.04. The van der Waals surface area contributed by atoms with Crippen LogP contribution in [0.1, 0.15) is 48.3 Å². The second kappa shape index (κ2) is 7.15. The Morgan fingerprint density at radius 1 is 1.05 bits per heavy atom. The number of rotatable bonds is 4. The van der Waals surface area contributed by atoms with Gasteiger partial charge in [-0.25, -0.2) is 0 Å². The van der Waals surface area contributed by atoms with Crippen LogP contribution in [0, 0.1) is 3.57 Å². The molecule has 0 amide bonds. The first-order chi connectivity index (χ1) is 9.52. The van der Waals surface area contributed by atoms with Crippen LogP contribution in [0.5, 0.6) is 0 Å². The van der Waals surface area contributed by atoms with E-state index in [2.05, 4.69) is 60.7 Å². The highest BCUT2D eigenvalue weighted by Gasteiger charge is 2.15. The molecule has 0 nitrogen and oxygen atoms in total. The second-order valence-electron chi connectivity index (χ2n) is 5.00. The molecule has 0 bridgehead atoms. The van der Waals surface area contributed by atoms with E-state index >= 15 is 0 Å². The van der Waals surface area contributed by atoms with Crippen molar-refractivity contribution in [3.8, 4) is 0 Å². The summed E-state index contributed by atoms with van der Waals surface area (Å²) in [4.78, 5) is 0. The van der Waals surface area contributed by atoms with E-state index in [1.54, 1.807) is 0 Å². The van der Waals surface area contributed by atoms with E-state index in [4.69, 9.17) is 23.2 Å². The van der Waals surface area contributed by atoms with Gasteiger partial charge in [-0.05, 0) is 69.8 Å². The van der Waals surface area contributed by atoms with Crippen molar-refractivity contribution in [2.75, 3.05) is 0 Å². The largest absolute Gasteiger partial charge is 0.113 e. The topological polar surface area (TPSA) is 0 Å². The van der Waals surface area contributed by atoms with Gasteiger partial charge in [-0.3, -0.25) is 0 Å². The lowest BCUT2D eigenvalue weighted by atomic mass is 9.96. The molecule has 0 radical (unpaired) electrons. The molecule has 0 aliphatic carbocycles. The van der Waals surface area contributed by atoms with E-state index in [1.165, 1.54) is 5.56 Å². The zero-order valence-corrected chi connectivity index (χ0v) is 15.2. The van der Waals surface area contributed by atoms with Crippen molar-refractivity contribution in [1.29, 1.82) is 0 Å². The van der Waals surface area contributed by atoms with Gasteiger partial charge in [0.2, 0.25) is 0 Å². The molecule has 0 saturated carbocycles. The van der Waals surface area contributed by atoms with Gasteiger partial charge in [0.15, 0.2) is 0 Å². The molecule has 0 saturated heterocycles. The number of alkyl halides is 1. The molecule has 106 valence electrons. The van der Waals surface area contributed by atoms with Gasteiger partial charge in [0.05, 0.1) is 5.38 Å². The molecule has 0 N–H and O–H groups in total. The summed E-state index contributed by atoms with van der Waals surface area (Å²) in [5.74, 6) is 0.587. The Morgan fingerprint density at radius 3 is 2.25 bits per heavy atom. The minimum atomic E-state index is -0.161. The van der Waals surface area contributed by atoms with Crippen LogP contribution in [0.4, 0.5) is 0 Å². The maximum absolute atomic E-state index is 6.61. The fourth-order valence-electron chi connectivity index (χ4n) is 2.12. The van der Waals surface area contributed by atoms with Gasteiger partial charge in [0.1, 0.15) is 0 Å². The molecular weight excluding hydrogens is 402 g/mol. The Hall–Kier alpha value is -0.250. The highest BCUT2D eigenvalue weighted by Crippen LogP contribution is 2.34. The molecule has 0 heterocycles. The average molecular weight is 419 g/mol. The Bertz CT molecular complexity index is 578. The molecule has 2 atom stereocenters. The van der Waals surface area contributed by atoms with Crippen LogP contribution >= 0.6 is 45.8 Å². The van der Waals surface area contributed by atoms with Crippen LogP contribution in [0.25, 0.3) is 0 Å². The Morgan fingerprint density at radius 2 is 1.65 bits per heavy atom. The van der Waals surface area contributed by atoms with Gasteiger partial charge in [-0.15, -0.1) is 11.6 Å². The summed E-state index contributed by atoms with van der Waals surface area (Å²) in [6.07, 6.45) is 1.15. The molecule has 2 aromatic rings. The van der Waals surface area contributed by atoms with Gasteiger partial charge < -0.3 is 0 Å². The lowest BCUT2D eigenvalue weighted by molar-refractivity contribution is 0.733. The predicted octanol–water partition coefficient (Wildman–Crippen LogP) is 6.79. The van der Waals surface area contributed by atoms with E-state index in [0.717, 1.165) is 26.1 Å². The summed E-state index contributed by atoms with van der Waals surface area (Å²) in [5, 5.41) is 0.564. The van der Waals surface area contributed by atoms with Gasteiger partial charge in [0, 0.05) is 8.59 Å². The summed E-state index contributed by atoms with van der Waals surface area (Å²) in [6.45, 7) is 4.45. The van der Waals surface area contributed by atoms with Gasteiger partial charge in [-0.1, -0.05) is 49.7 Å². The predicted molar refractivity (Wildman–Crippen MR) is 97.0 cm³/mol. The summed E-state index contributed by atoms with van der Waals surface area (Å²) in [7, 11) is 0. The van der Waals surface area contributed by atoms with Crippen molar-refractivity contribution in [1.82, 2.24) is 0 Å². The van der Waals surface area contributed by atoms with E-state index in [9.17, 15) is 0 Å². The third-order valence-electron chi connectivity index (χ3n) is 3.64. The molecule has 0 spiro atoms. The zero-order valence-electron chi connectivity index (χ0n) is 11.5. The number of hydrogen-bond acceptors (Lipinski definition) is 0. The Labute approximate surface area is 144 Å². The molecule has 0 aromatic heterocycles. The lowest BCUT2D eigenvalue weighted by Gasteiger charge is -2.15. The SMILES string of the molecule is CCC(C)c1ccc(C(Cl)c2cc(Cl)ccc2I)cc1. The van der Waals surface area contributed by atoms with Gasteiger partial charge in [0.25, 0.3) is 0 Å². The number of halogens is 3. The standard InChI is InChI=1S/C17H17Cl2I/c1-3-11(2)12-4-6-13(7-5-12)17(19)15-10-14(18)8-9-16(15)20/h4-11,17H,3H2,1-2H3.